The van der Waals surface area contributed by atoms with Crippen LogP contribution in [0, 0.1) is 0 Å². The number of hydrogen-bond acceptors (Lipinski definition) is 2. The fourth-order valence-electron chi connectivity index (χ4n) is 0.332. The van der Waals surface area contributed by atoms with E-state index in [0.29, 0.717) is 10.2 Å². The van der Waals surface area contributed by atoms with Gasteiger partial charge < -0.3 is 5.73 Å². The highest BCUT2D eigenvalue weighted by atomic mass is 32.2. The summed E-state index contributed by atoms with van der Waals surface area (Å²) in [5.74, 6) is 1.08. The fraction of sp³-hybridized carbons (Fsp3) is 0.800. The molecule has 0 aromatic rings. The maximum absolute atomic E-state index is 5.33. The molecule has 0 saturated heterocycles. The highest BCUT2D eigenvalue weighted by Crippen LogP contribution is 2.08. The largest absolute Gasteiger partial charge is 0.392 e. The molecule has 0 amide bonds. The van der Waals surface area contributed by atoms with Gasteiger partial charge in [0.1, 0.15) is 0 Å². The lowest BCUT2D eigenvalue weighted by molar-refractivity contribution is 1.30. The maximum Gasteiger partial charge on any atom is 0.0856 e. The van der Waals surface area contributed by atoms with E-state index in [0.717, 1.165) is 5.75 Å². The summed E-state index contributed by atoms with van der Waals surface area (Å²) in [7, 11) is 0. The lowest BCUT2D eigenvalue weighted by Crippen LogP contribution is -2.20. The first-order valence-electron chi connectivity index (χ1n) is 2.59. The minimum Gasteiger partial charge on any atom is -0.392 e. The molecule has 0 bridgehead atoms. The lowest BCUT2D eigenvalue weighted by atomic mass is 10.5. The van der Waals surface area contributed by atoms with Crippen molar-refractivity contribution in [3.8, 4) is 0 Å². The number of thiocarbonyl (C=S) groups is 1. The third kappa shape index (κ3) is 3.27. The third-order valence-electron chi connectivity index (χ3n) is 0.817. The predicted molar refractivity (Wildman–Crippen MR) is 44.4 cm³/mol. The highest BCUT2D eigenvalue weighted by molar-refractivity contribution is 8.01. The molecule has 0 fully saturated rings. The Morgan fingerprint density at radius 1 is 1.88 bits per heavy atom. The Morgan fingerprint density at radius 3 is 2.50 bits per heavy atom. The van der Waals surface area contributed by atoms with E-state index in [1.807, 2.05) is 6.92 Å². The molecule has 0 aliphatic heterocycles. The zero-order valence-electron chi connectivity index (χ0n) is 5.18. The van der Waals surface area contributed by atoms with Crippen molar-refractivity contribution in [1.82, 2.24) is 0 Å². The van der Waals surface area contributed by atoms with E-state index in [9.17, 15) is 0 Å². The SMILES string of the molecule is CCS[C@H](C)C(N)=S. The van der Waals surface area contributed by atoms with Gasteiger partial charge >= 0.3 is 0 Å². The van der Waals surface area contributed by atoms with E-state index < -0.39 is 0 Å². The number of hydrogen-bond donors (Lipinski definition) is 1. The quantitative estimate of drug-likeness (QED) is 0.614. The summed E-state index contributed by atoms with van der Waals surface area (Å²) in [4.78, 5) is 0.608. The molecule has 3 heteroatoms. The fourth-order valence-corrected chi connectivity index (χ4v) is 1.20. The van der Waals surface area contributed by atoms with Crippen LogP contribution in [0.3, 0.4) is 0 Å². The monoisotopic (exact) mass is 149 g/mol. The van der Waals surface area contributed by atoms with Crippen LogP contribution in [-0.4, -0.2) is 16.0 Å². The van der Waals surface area contributed by atoms with Gasteiger partial charge in [0.2, 0.25) is 0 Å². The van der Waals surface area contributed by atoms with Gasteiger partial charge in [-0.25, -0.2) is 0 Å². The minimum absolute atomic E-state index is 0.343. The lowest BCUT2D eigenvalue weighted by Gasteiger charge is -2.04. The molecule has 1 atom stereocenters. The Bertz CT molecular complexity index is 82.5. The molecule has 0 heterocycles. The van der Waals surface area contributed by atoms with E-state index in [1.165, 1.54) is 0 Å². The standard InChI is InChI=1S/C5H11NS2/c1-3-8-4(2)5(6)7/h4H,3H2,1-2H3,(H2,6,7)/t4-/m1/s1. The van der Waals surface area contributed by atoms with Crippen molar-refractivity contribution in [3.63, 3.8) is 0 Å². The molecule has 0 aromatic heterocycles. The van der Waals surface area contributed by atoms with Gasteiger partial charge in [0, 0.05) is 0 Å². The minimum atomic E-state index is 0.343. The second-order valence-electron chi connectivity index (χ2n) is 1.50. The van der Waals surface area contributed by atoms with Crippen LogP contribution in [0.25, 0.3) is 0 Å². The summed E-state index contributed by atoms with van der Waals surface area (Å²) in [5.41, 5.74) is 5.33. The average Bonchev–Trinajstić information content (AvgIpc) is 1.67. The molecule has 0 aliphatic carbocycles. The number of rotatable bonds is 3. The van der Waals surface area contributed by atoms with Crippen LogP contribution in [0.5, 0.6) is 0 Å². The average molecular weight is 149 g/mol. The van der Waals surface area contributed by atoms with Crippen molar-refractivity contribution in [3.05, 3.63) is 0 Å². The molecule has 0 rings (SSSR count). The van der Waals surface area contributed by atoms with Crippen LogP contribution in [0.15, 0.2) is 0 Å². The van der Waals surface area contributed by atoms with Crippen molar-refractivity contribution in [2.45, 2.75) is 19.1 Å². The van der Waals surface area contributed by atoms with Gasteiger partial charge in [-0.15, -0.1) is 0 Å². The molecule has 0 spiro atoms. The molecular formula is C5H11NS2. The van der Waals surface area contributed by atoms with Crippen LogP contribution in [0.1, 0.15) is 13.8 Å². The van der Waals surface area contributed by atoms with Gasteiger partial charge in [0.25, 0.3) is 0 Å². The molecule has 2 N–H and O–H groups in total. The van der Waals surface area contributed by atoms with Crippen LogP contribution in [0.2, 0.25) is 0 Å². The van der Waals surface area contributed by atoms with Gasteiger partial charge in [-0.05, 0) is 12.7 Å². The predicted octanol–water partition coefficient (Wildman–Crippen LogP) is 1.41. The molecule has 0 radical (unpaired) electrons. The number of thioether (sulfide) groups is 1. The Kier molecular flexibility index (Phi) is 4.28. The summed E-state index contributed by atoms with van der Waals surface area (Å²) < 4.78 is 0. The first kappa shape index (κ1) is 8.24. The Hall–Kier alpha value is 0.240. The topological polar surface area (TPSA) is 26.0 Å². The third-order valence-corrected chi connectivity index (χ3v) is 2.41. The highest BCUT2D eigenvalue weighted by Gasteiger charge is 2.01. The van der Waals surface area contributed by atoms with E-state index >= 15 is 0 Å². The Morgan fingerprint density at radius 2 is 2.38 bits per heavy atom. The molecule has 1 nitrogen and oxygen atoms in total. The second kappa shape index (κ2) is 4.15. The van der Waals surface area contributed by atoms with Crippen molar-refractivity contribution in [2.75, 3.05) is 5.75 Å². The molecule has 0 unspecified atom stereocenters. The van der Waals surface area contributed by atoms with Crippen molar-refractivity contribution in [2.24, 2.45) is 5.73 Å². The Balaban J connectivity index is 3.32. The molecule has 0 aromatic carbocycles. The summed E-state index contributed by atoms with van der Waals surface area (Å²) in [6.45, 7) is 4.12. The maximum atomic E-state index is 5.33. The van der Waals surface area contributed by atoms with Gasteiger partial charge in [-0.2, -0.15) is 11.8 Å². The first-order chi connectivity index (χ1) is 3.68. The normalized spacial score (nSPS) is 13.2. The van der Waals surface area contributed by atoms with Crippen LogP contribution in [0.4, 0.5) is 0 Å². The van der Waals surface area contributed by atoms with E-state index in [2.05, 4.69) is 6.92 Å². The molecule has 0 saturated carbocycles. The van der Waals surface area contributed by atoms with Gasteiger partial charge in [-0.1, -0.05) is 19.1 Å². The molecule has 8 heavy (non-hydrogen) atoms. The molecular weight excluding hydrogens is 138 g/mol. The summed E-state index contributed by atoms with van der Waals surface area (Å²) >= 11 is 6.51. The van der Waals surface area contributed by atoms with Crippen molar-refractivity contribution in [1.29, 1.82) is 0 Å². The Labute approximate surface area is 60.0 Å². The van der Waals surface area contributed by atoms with Crippen molar-refractivity contribution < 1.29 is 0 Å². The number of nitrogens with two attached hydrogens (primary N) is 1. The second-order valence-corrected chi connectivity index (χ2v) is 3.59. The molecule has 0 aliphatic rings. The zero-order chi connectivity index (χ0) is 6.57. The zero-order valence-corrected chi connectivity index (χ0v) is 6.81. The van der Waals surface area contributed by atoms with Gasteiger partial charge in [0.05, 0.1) is 10.2 Å². The summed E-state index contributed by atoms with van der Waals surface area (Å²) in [5, 5.41) is 0.343. The van der Waals surface area contributed by atoms with Crippen molar-refractivity contribution >= 4 is 29.0 Å². The first-order valence-corrected chi connectivity index (χ1v) is 4.05. The van der Waals surface area contributed by atoms with E-state index in [-0.39, 0.29) is 0 Å². The van der Waals surface area contributed by atoms with Crippen LogP contribution in [-0.2, 0) is 0 Å². The van der Waals surface area contributed by atoms with Gasteiger partial charge in [-0.3, -0.25) is 0 Å². The summed E-state index contributed by atoms with van der Waals surface area (Å²) in [6, 6.07) is 0. The van der Waals surface area contributed by atoms with Crippen LogP contribution < -0.4 is 5.73 Å². The van der Waals surface area contributed by atoms with E-state index in [1.54, 1.807) is 11.8 Å². The smallest absolute Gasteiger partial charge is 0.0856 e. The molecule has 48 valence electrons. The van der Waals surface area contributed by atoms with Crippen LogP contribution >= 0.6 is 24.0 Å². The van der Waals surface area contributed by atoms with Gasteiger partial charge in [0.15, 0.2) is 0 Å². The van der Waals surface area contributed by atoms with E-state index in [4.69, 9.17) is 18.0 Å². The summed E-state index contributed by atoms with van der Waals surface area (Å²) in [6.07, 6.45) is 0.